The lowest BCUT2D eigenvalue weighted by Gasteiger charge is -2.32. The highest BCUT2D eigenvalue weighted by Gasteiger charge is 2.23. The lowest BCUT2D eigenvalue weighted by atomic mass is 10.2. The van der Waals surface area contributed by atoms with Crippen LogP contribution >= 0.6 is 11.3 Å². The van der Waals surface area contributed by atoms with E-state index < -0.39 is 6.10 Å². The minimum absolute atomic E-state index is 0.396. The standard InChI is InChI=1S/C16H22N4O2S/c21-14(12-22-13-15-3-1-10-23-15)11-19-6-8-20(9-7-19)16-17-4-2-5-18-16/h1-5,10,14,21H,6-9,11-13H2/p+1/t14-/m0/s1. The Morgan fingerprint density at radius 2 is 2.04 bits per heavy atom. The first-order valence-corrected chi connectivity index (χ1v) is 8.83. The predicted octanol–water partition coefficient (Wildman–Crippen LogP) is -0.179. The van der Waals surface area contributed by atoms with Gasteiger partial charge in [0.1, 0.15) is 12.6 Å². The van der Waals surface area contributed by atoms with E-state index in [2.05, 4.69) is 14.9 Å². The van der Waals surface area contributed by atoms with Gasteiger partial charge in [-0.25, -0.2) is 9.97 Å². The number of anilines is 1. The van der Waals surface area contributed by atoms with Gasteiger partial charge >= 0.3 is 0 Å². The molecule has 2 N–H and O–H groups in total. The molecule has 0 unspecified atom stereocenters. The van der Waals surface area contributed by atoms with Crippen LogP contribution in [0.3, 0.4) is 0 Å². The summed E-state index contributed by atoms with van der Waals surface area (Å²) < 4.78 is 5.59. The van der Waals surface area contributed by atoms with Gasteiger partial charge in [0, 0.05) is 17.3 Å². The average Bonchev–Trinajstić information content (AvgIpc) is 3.10. The van der Waals surface area contributed by atoms with E-state index in [0.717, 1.165) is 38.7 Å². The van der Waals surface area contributed by atoms with Crippen molar-refractivity contribution < 1.29 is 14.7 Å². The van der Waals surface area contributed by atoms with Crippen molar-refractivity contribution in [3.63, 3.8) is 0 Å². The first-order chi connectivity index (χ1) is 11.3. The predicted molar refractivity (Wildman–Crippen MR) is 89.8 cm³/mol. The molecule has 3 rings (SSSR count). The van der Waals surface area contributed by atoms with Crippen molar-refractivity contribution in [3.8, 4) is 0 Å². The molecule has 2 aromatic rings. The normalized spacial score (nSPS) is 17.3. The fourth-order valence-corrected chi connectivity index (χ4v) is 3.40. The summed E-state index contributed by atoms with van der Waals surface area (Å²) in [7, 11) is 0. The van der Waals surface area contributed by atoms with Gasteiger partial charge in [0.2, 0.25) is 5.95 Å². The van der Waals surface area contributed by atoms with Crippen molar-refractivity contribution in [1.29, 1.82) is 0 Å². The van der Waals surface area contributed by atoms with E-state index in [1.165, 1.54) is 9.78 Å². The number of thiophene rings is 1. The summed E-state index contributed by atoms with van der Waals surface area (Å²) >= 11 is 1.68. The van der Waals surface area contributed by atoms with Crippen LogP contribution in [0.2, 0.25) is 0 Å². The van der Waals surface area contributed by atoms with E-state index in [1.807, 2.05) is 23.6 Å². The summed E-state index contributed by atoms with van der Waals surface area (Å²) in [5.41, 5.74) is 0. The summed E-state index contributed by atoms with van der Waals surface area (Å²) in [5.74, 6) is 0.798. The zero-order valence-electron chi connectivity index (χ0n) is 13.1. The summed E-state index contributed by atoms with van der Waals surface area (Å²) in [4.78, 5) is 13.4. The van der Waals surface area contributed by atoms with Gasteiger partial charge in [-0.05, 0) is 17.5 Å². The second kappa shape index (κ2) is 8.35. The van der Waals surface area contributed by atoms with Gasteiger partial charge in [0.15, 0.2) is 0 Å². The molecule has 124 valence electrons. The highest BCUT2D eigenvalue weighted by atomic mass is 32.1. The first-order valence-electron chi connectivity index (χ1n) is 7.95. The van der Waals surface area contributed by atoms with E-state index in [9.17, 15) is 5.11 Å². The Hall–Kier alpha value is -1.54. The Morgan fingerprint density at radius 1 is 1.26 bits per heavy atom. The highest BCUT2D eigenvalue weighted by Crippen LogP contribution is 2.09. The van der Waals surface area contributed by atoms with Crippen molar-refractivity contribution >= 4 is 17.3 Å². The van der Waals surface area contributed by atoms with Crippen LogP contribution in [0.1, 0.15) is 4.88 Å². The number of aliphatic hydroxyl groups is 1. The van der Waals surface area contributed by atoms with Gasteiger partial charge in [-0.15, -0.1) is 11.3 Å². The lowest BCUT2D eigenvalue weighted by Crippen LogP contribution is -3.16. The molecule has 1 saturated heterocycles. The zero-order chi connectivity index (χ0) is 15.9. The Morgan fingerprint density at radius 3 is 2.74 bits per heavy atom. The van der Waals surface area contributed by atoms with E-state index >= 15 is 0 Å². The van der Waals surface area contributed by atoms with Gasteiger partial charge in [0.05, 0.1) is 39.4 Å². The molecular formula is C16H23N4O2S+. The number of piperazine rings is 1. The maximum atomic E-state index is 10.1. The third-order valence-electron chi connectivity index (χ3n) is 3.96. The van der Waals surface area contributed by atoms with Gasteiger partial charge in [0.25, 0.3) is 0 Å². The van der Waals surface area contributed by atoms with Crippen molar-refractivity contribution in [2.75, 3.05) is 44.2 Å². The number of nitrogens with one attached hydrogen (secondary N) is 1. The maximum absolute atomic E-state index is 10.1. The Labute approximate surface area is 140 Å². The van der Waals surface area contributed by atoms with Crippen LogP contribution in [0, 0.1) is 0 Å². The number of hydrogen-bond acceptors (Lipinski definition) is 6. The van der Waals surface area contributed by atoms with Gasteiger partial charge in [-0.3, -0.25) is 0 Å². The highest BCUT2D eigenvalue weighted by molar-refractivity contribution is 7.09. The second-order valence-corrected chi connectivity index (χ2v) is 6.77. The summed E-state index contributed by atoms with van der Waals surface area (Å²) in [6, 6.07) is 5.89. The molecule has 1 aliphatic rings. The molecular weight excluding hydrogens is 312 g/mol. The van der Waals surface area contributed by atoms with Crippen molar-refractivity contribution in [1.82, 2.24) is 9.97 Å². The molecule has 2 aromatic heterocycles. The van der Waals surface area contributed by atoms with E-state index in [1.54, 1.807) is 23.7 Å². The van der Waals surface area contributed by atoms with Crippen LogP contribution < -0.4 is 9.80 Å². The summed E-state index contributed by atoms with van der Waals surface area (Å²) in [6.07, 6.45) is 3.14. The smallest absolute Gasteiger partial charge is 0.225 e. The molecule has 0 saturated carbocycles. The van der Waals surface area contributed by atoms with Gasteiger partial charge in [-0.1, -0.05) is 6.07 Å². The number of ether oxygens (including phenoxy) is 1. The molecule has 0 aromatic carbocycles. The number of rotatable bonds is 7. The van der Waals surface area contributed by atoms with Crippen molar-refractivity contribution in [2.45, 2.75) is 12.7 Å². The molecule has 0 spiro atoms. The monoisotopic (exact) mass is 335 g/mol. The Kier molecular flexibility index (Phi) is 5.93. The third-order valence-corrected chi connectivity index (χ3v) is 4.81. The SMILES string of the molecule is O[C@H](COCc1cccs1)C[NH+]1CCN(c2ncccn2)CC1. The van der Waals surface area contributed by atoms with Crippen LogP contribution in [0.4, 0.5) is 5.95 Å². The summed E-state index contributed by atoms with van der Waals surface area (Å²) in [6.45, 7) is 5.52. The number of quaternary nitrogens is 1. The topological polar surface area (TPSA) is 62.9 Å². The van der Waals surface area contributed by atoms with Crippen LogP contribution in [0.5, 0.6) is 0 Å². The minimum atomic E-state index is -0.413. The fourth-order valence-electron chi connectivity index (χ4n) is 2.76. The largest absolute Gasteiger partial charge is 0.385 e. The van der Waals surface area contributed by atoms with Crippen LogP contribution in [-0.4, -0.2) is 60.5 Å². The fraction of sp³-hybridized carbons (Fsp3) is 0.500. The second-order valence-electron chi connectivity index (χ2n) is 5.74. The zero-order valence-corrected chi connectivity index (χ0v) is 13.9. The van der Waals surface area contributed by atoms with E-state index in [-0.39, 0.29) is 0 Å². The molecule has 3 heterocycles. The molecule has 0 amide bonds. The molecule has 1 fully saturated rings. The molecule has 1 atom stereocenters. The van der Waals surface area contributed by atoms with Crippen molar-refractivity contribution in [3.05, 3.63) is 40.8 Å². The minimum Gasteiger partial charge on any atom is -0.385 e. The lowest BCUT2D eigenvalue weighted by molar-refractivity contribution is -0.903. The molecule has 7 heteroatoms. The summed E-state index contributed by atoms with van der Waals surface area (Å²) in [5, 5.41) is 12.2. The average molecular weight is 335 g/mol. The Bertz CT molecular complexity index is 559. The van der Waals surface area contributed by atoms with Crippen LogP contribution in [-0.2, 0) is 11.3 Å². The van der Waals surface area contributed by atoms with E-state index in [4.69, 9.17) is 4.74 Å². The van der Waals surface area contributed by atoms with Gasteiger partial charge in [-0.2, -0.15) is 0 Å². The number of aliphatic hydroxyl groups excluding tert-OH is 1. The van der Waals surface area contributed by atoms with Crippen LogP contribution in [0.25, 0.3) is 0 Å². The third kappa shape index (κ3) is 4.97. The maximum Gasteiger partial charge on any atom is 0.225 e. The number of aromatic nitrogens is 2. The quantitative estimate of drug-likeness (QED) is 0.735. The number of nitrogens with zero attached hydrogens (tertiary/aromatic N) is 3. The van der Waals surface area contributed by atoms with Crippen LogP contribution in [0.15, 0.2) is 36.0 Å². The molecule has 23 heavy (non-hydrogen) atoms. The molecule has 6 nitrogen and oxygen atoms in total. The first kappa shape index (κ1) is 16.3. The van der Waals surface area contributed by atoms with Crippen molar-refractivity contribution in [2.24, 2.45) is 0 Å². The molecule has 1 aliphatic heterocycles. The molecule has 0 radical (unpaired) electrons. The molecule has 0 aliphatic carbocycles. The number of hydrogen-bond donors (Lipinski definition) is 2. The Balaban J connectivity index is 1.35. The van der Waals surface area contributed by atoms with Gasteiger partial charge < -0.3 is 19.6 Å². The molecule has 0 bridgehead atoms. The van der Waals surface area contributed by atoms with E-state index in [0.29, 0.717) is 13.2 Å².